The summed E-state index contributed by atoms with van der Waals surface area (Å²) in [5.74, 6) is 0.661. The fourth-order valence-electron chi connectivity index (χ4n) is 2.46. The number of ether oxygens (including phenoxy) is 2. The number of benzene rings is 2. The van der Waals surface area contributed by atoms with Gasteiger partial charge in [-0.2, -0.15) is 0 Å². The zero-order valence-electron chi connectivity index (χ0n) is 13.6. The average Bonchev–Trinajstić information content (AvgIpc) is 2.89. The summed E-state index contributed by atoms with van der Waals surface area (Å²) in [5, 5.41) is 8.96. The van der Waals surface area contributed by atoms with Gasteiger partial charge in [-0.3, -0.25) is 9.59 Å². The van der Waals surface area contributed by atoms with Crippen LogP contribution in [0.2, 0.25) is 0 Å². The Balaban J connectivity index is 1.97. The molecule has 1 aliphatic rings. The van der Waals surface area contributed by atoms with E-state index in [4.69, 9.17) is 9.47 Å². The molecule has 0 spiro atoms. The molecule has 0 aliphatic carbocycles. The number of anilines is 1. The van der Waals surface area contributed by atoms with E-state index in [1.807, 2.05) is 0 Å². The highest BCUT2D eigenvalue weighted by molar-refractivity contribution is 8.19. The molecule has 0 unspecified atom stereocenters. The molecule has 1 N–H and O–H groups in total. The third kappa shape index (κ3) is 3.18. The molecule has 1 saturated heterocycles. The fraction of sp³-hybridized carbons (Fsp3) is 0.111. The van der Waals surface area contributed by atoms with E-state index in [-0.39, 0.29) is 10.7 Å². The zero-order chi connectivity index (χ0) is 18.0. The lowest BCUT2D eigenvalue weighted by molar-refractivity contribution is -0.113. The lowest BCUT2D eigenvalue weighted by Crippen LogP contribution is -2.27. The van der Waals surface area contributed by atoms with E-state index in [0.717, 1.165) is 16.7 Å². The summed E-state index contributed by atoms with van der Waals surface area (Å²) in [7, 11) is 3.04. The van der Waals surface area contributed by atoms with Crippen LogP contribution in [0.1, 0.15) is 5.56 Å². The number of thioether (sulfide) groups is 1. The fourth-order valence-corrected chi connectivity index (χ4v) is 3.29. The lowest BCUT2D eigenvalue weighted by atomic mass is 10.1. The van der Waals surface area contributed by atoms with E-state index in [2.05, 4.69) is 0 Å². The Bertz CT molecular complexity index is 860. The van der Waals surface area contributed by atoms with Crippen LogP contribution in [0.3, 0.4) is 0 Å². The molecular weight excluding hydrogens is 342 g/mol. The Morgan fingerprint density at radius 2 is 1.76 bits per heavy atom. The van der Waals surface area contributed by atoms with Gasteiger partial charge in [-0.1, -0.05) is 12.1 Å². The summed E-state index contributed by atoms with van der Waals surface area (Å²) in [6.07, 6.45) is 1.60. The maximum atomic E-state index is 12.6. The number of phenolic OH excluding ortho intramolecular Hbond substituents is 1. The number of aromatic hydroxyl groups is 1. The first-order valence-corrected chi connectivity index (χ1v) is 8.14. The molecule has 1 aliphatic heterocycles. The van der Waals surface area contributed by atoms with Crippen molar-refractivity contribution >= 4 is 34.7 Å². The smallest absolute Gasteiger partial charge is 0.298 e. The number of carbonyl (C=O) groups is 2. The van der Waals surface area contributed by atoms with Crippen LogP contribution in [-0.4, -0.2) is 30.5 Å². The molecule has 25 heavy (non-hydrogen) atoms. The standard InChI is InChI=1S/C18H15NO5S/c1-23-14-5-3-4-11(16(14)24-2)10-15-17(21)19(18(22)25-15)12-6-8-13(20)9-7-12/h3-10,20H,1-2H3/b15-10+. The zero-order valence-corrected chi connectivity index (χ0v) is 14.4. The number of rotatable bonds is 4. The van der Waals surface area contributed by atoms with Crippen molar-refractivity contribution in [2.24, 2.45) is 0 Å². The van der Waals surface area contributed by atoms with Crippen molar-refractivity contribution in [1.29, 1.82) is 0 Å². The molecule has 2 aromatic rings. The first-order chi connectivity index (χ1) is 12.0. The third-order valence-electron chi connectivity index (χ3n) is 3.62. The number of phenols is 1. The highest BCUT2D eigenvalue weighted by atomic mass is 32.2. The van der Waals surface area contributed by atoms with Gasteiger partial charge in [-0.05, 0) is 48.2 Å². The van der Waals surface area contributed by atoms with Gasteiger partial charge in [-0.25, -0.2) is 4.90 Å². The number of hydrogen-bond acceptors (Lipinski definition) is 6. The van der Waals surface area contributed by atoms with Crippen LogP contribution in [0.15, 0.2) is 47.4 Å². The molecule has 1 fully saturated rings. The number of carbonyl (C=O) groups excluding carboxylic acids is 2. The molecule has 0 aromatic heterocycles. The van der Waals surface area contributed by atoms with Crippen LogP contribution in [0, 0.1) is 0 Å². The molecule has 0 saturated carbocycles. The average molecular weight is 357 g/mol. The summed E-state index contributed by atoms with van der Waals surface area (Å²) >= 11 is 0.848. The van der Waals surface area contributed by atoms with Crippen molar-refractivity contribution in [3.63, 3.8) is 0 Å². The number of hydrogen-bond donors (Lipinski definition) is 1. The molecule has 128 valence electrons. The normalized spacial score (nSPS) is 15.8. The largest absolute Gasteiger partial charge is 0.508 e. The highest BCUT2D eigenvalue weighted by Gasteiger charge is 2.36. The monoisotopic (exact) mass is 357 g/mol. The second-order valence-electron chi connectivity index (χ2n) is 5.12. The summed E-state index contributed by atoms with van der Waals surface area (Å²) in [6, 6.07) is 11.2. The van der Waals surface area contributed by atoms with Gasteiger partial charge in [0.25, 0.3) is 11.1 Å². The van der Waals surface area contributed by atoms with E-state index in [0.29, 0.717) is 22.7 Å². The minimum Gasteiger partial charge on any atom is -0.508 e. The van der Waals surface area contributed by atoms with Crippen LogP contribution in [-0.2, 0) is 4.79 Å². The van der Waals surface area contributed by atoms with Crippen molar-refractivity contribution in [2.45, 2.75) is 0 Å². The van der Waals surface area contributed by atoms with Crippen LogP contribution >= 0.6 is 11.8 Å². The van der Waals surface area contributed by atoms with Crippen LogP contribution < -0.4 is 14.4 Å². The minimum absolute atomic E-state index is 0.0624. The Hall–Kier alpha value is -2.93. The first-order valence-electron chi connectivity index (χ1n) is 7.33. The summed E-state index contributed by atoms with van der Waals surface area (Å²) in [5.41, 5.74) is 1.04. The molecule has 7 heteroatoms. The quantitative estimate of drug-likeness (QED) is 0.842. The van der Waals surface area contributed by atoms with E-state index < -0.39 is 11.1 Å². The van der Waals surface area contributed by atoms with Gasteiger partial charge in [-0.15, -0.1) is 0 Å². The van der Waals surface area contributed by atoms with Gasteiger partial charge < -0.3 is 14.6 Å². The van der Waals surface area contributed by atoms with Gasteiger partial charge in [0.05, 0.1) is 24.8 Å². The summed E-state index contributed by atoms with van der Waals surface area (Å²) < 4.78 is 10.6. The number of imide groups is 1. The van der Waals surface area contributed by atoms with E-state index in [9.17, 15) is 14.7 Å². The van der Waals surface area contributed by atoms with Crippen molar-refractivity contribution in [2.75, 3.05) is 19.1 Å². The molecule has 1 heterocycles. The molecule has 0 atom stereocenters. The predicted molar refractivity (Wildman–Crippen MR) is 96.1 cm³/mol. The highest BCUT2D eigenvalue weighted by Crippen LogP contribution is 2.39. The molecule has 3 rings (SSSR count). The summed E-state index contributed by atoms with van der Waals surface area (Å²) in [4.78, 5) is 26.3. The number of methoxy groups -OCH3 is 2. The second-order valence-corrected chi connectivity index (χ2v) is 6.11. The van der Waals surface area contributed by atoms with E-state index >= 15 is 0 Å². The van der Waals surface area contributed by atoms with E-state index in [1.54, 1.807) is 24.3 Å². The topological polar surface area (TPSA) is 76.1 Å². The third-order valence-corrected chi connectivity index (χ3v) is 4.49. The molecule has 2 aromatic carbocycles. The van der Waals surface area contributed by atoms with Gasteiger partial charge >= 0.3 is 0 Å². The number of para-hydroxylation sites is 1. The Kier molecular flexibility index (Phi) is 4.67. The van der Waals surface area contributed by atoms with Gasteiger partial charge in [0.1, 0.15) is 5.75 Å². The van der Waals surface area contributed by atoms with Crippen molar-refractivity contribution < 1.29 is 24.2 Å². The SMILES string of the molecule is COc1cccc(/C=C2/SC(=O)N(c3ccc(O)cc3)C2=O)c1OC. The number of nitrogens with zero attached hydrogens (tertiary/aromatic N) is 1. The predicted octanol–water partition coefficient (Wildman–Crippen LogP) is 3.65. The Labute approximate surface area is 148 Å². The van der Waals surface area contributed by atoms with Crippen molar-refractivity contribution in [3.05, 3.63) is 52.9 Å². The first kappa shape index (κ1) is 16.9. The van der Waals surface area contributed by atoms with Gasteiger partial charge in [0, 0.05) is 5.56 Å². The lowest BCUT2D eigenvalue weighted by Gasteiger charge is -2.12. The second kappa shape index (κ2) is 6.90. The molecular formula is C18H15NO5S. The van der Waals surface area contributed by atoms with Gasteiger partial charge in [0.15, 0.2) is 11.5 Å². The molecule has 2 amide bonds. The number of amides is 2. The Morgan fingerprint density at radius 3 is 2.40 bits per heavy atom. The van der Waals surface area contributed by atoms with Crippen LogP contribution in [0.4, 0.5) is 10.5 Å². The van der Waals surface area contributed by atoms with Crippen LogP contribution in [0.25, 0.3) is 6.08 Å². The Morgan fingerprint density at radius 1 is 1.04 bits per heavy atom. The van der Waals surface area contributed by atoms with E-state index in [1.165, 1.54) is 38.5 Å². The van der Waals surface area contributed by atoms with Crippen molar-refractivity contribution in [3.8, 4) is 17.2 Å². The maximum absolute atomic E-state index is 12.6. The molecule has 6 nitrogen and oxygen atoms in total. The van der Waals surface area contributed by atoms with Crippen molar-refractivity contribution in [1.82, 2.24) is 0 Å². The summed E-state index contributed by atoms with van der Waals surface area (Å²) in [6.45, 7) is 0. The minimum atomic E-state index is -0.425. The van der Waals surface area contributed by atoms with Crippen LogP contribution in [0.5, 0.6) is 17.2 Å². The maximum Gasteiger partial charge on any atom is 0.298 e. The van der Waals surface area contributed by atoms with Gasteiger partial charge in [0.2, 0.25) is 0 Å². The molecule has 0 radical (unpaired) electrons. The molecule has 0 bridgehead atoms.